The van der Waals surface area contributed by atoms with Crippen LogP contribution in [0.5, 0.6) is 0 Å². The van der Waals surface area contributed by atoms with E-state index in [0.29, 0.717) is 11.5 Å². The van der Waals surface area contributed by atoms with Crippen LogP contribution in [0.15, 0.2) is 0 Å². The number of ether oxygens (including phenoxy) is 2. The Kier molecular flexibility index (Phi) is 7.08. The van der Waals surface area contributed by atoms with Crippen LogP contribution in [0.2, 0.25) is 0 Å². The molecule has 0 aromatic rings. The normalized spacial score (nSPS) is 9.17. The summed E-state index contributed by atoms with van der Waals surface area (Å²) < 4.78 is 8.87. The summed E-state index contributed by atoms with van der Waals surface area (Å²) in [6, 6.07) is 0. The molecule has 0 saturated carbocycles. The van der Waals surface area contributed by atoms with Gasteiger partial charge in [-0.1, -0.05) is 0 Å². The van der Waals surface area contributed by atoms with E-state index in [1.165, 1.54) is 0 Å². The average molecular weight is 210 g/mol. The maximum absolute atomic E-state index is 10.7. The molecule has 0 aliphatic heterocycles. The third kappa shape index (κ3) is 5.31. The standard InChI is InChI=1S/C6H10O4S2/c7-5(9-1-3-11)6(8)10-2-4-12/h11-12H,1-4H2. The van der Waals surface area contributed by atoms with Crippen LogP contribution in [0.1, 0.15) is 0 Å². The van der Waals surface area contributed by atoms with Gasteiger partial charge in [0.15, 0.2) is 0 Å². The van der Waals surface area contributed by atoms with Gasteiger partial charge in [-0.25, -0.2) is 9.59 Å². The summed E-state index contributed by atoms with van der Waals surface area (Å²) in [4.78, 5) is 21.3. The molecule has 0 aliphatic carbocycles. The molecule has 0 bridgehead atoms. The van der Waals surface area contributed by atoms with E-state index in [-0.39, 0.29) is 13.2 Å². The smallest absolute Gasteiger partial charge is 0.417 e. The molecule has 0 saturated heterocycles. The van der Waals surface area contributed by atoms with E-state index >= 15 is 0 Å². The molecule has 12 heavy (non-hydrogen) atoms. The lowest BCUT2D eigenvalue weighted by Gasteiger charge is -2.01. The van der Waals surface area contributed by atoms with Crippen molar-refractivity contribution in [3.8, 4) is 0 Å². The lowest BCUT2D eigenvalue weighted by Crippen LogP contribution is -2.21. The molecule has 0 rings (SSSR count). The van der Waals surface area contributed by atoms with E-state index in [1.807, 2.05) is 0 Å². The molecule has 0 heterocycles. The molecule has 4 nitrogen and oxygen atoms in total. The molecule has 0 spiro atoms. The van der Waals surface area contributed by atoms with E-state index in [1.54, 1.807) is 0 Å². The molecule has 70 valence electrons. The van der Waals surface area contributed by atoms with Gasteiger partial charge in [0.2, 0.25) is 0 Å². The molecule has 0 aromatic heterocycles. The fourth-order valence-electron chi connectivity index (χ4n) is 0.395. The Morgan fingerprint density at radius 1 is 0.917 bits per heavy atom. The molecule has 0 N–H and O–H groups in total. The molecule has 0 unspecified atom stereocenters. The van der Waals surface area contributed by atoms with Gasteiger partial charge in [-0.15, -0.1) is 0 Å². The highest BCUT2D eigenvalue weighted by Crippen LogP contribution is 1.87. The molecule has 0 fully saturated rings. The zero-order valence-electron chi connectivity index (χ0n) is 6.36. The largest absolute Gasteiger partial charge is 0.456 e. The quantitative estimate of drug-likeness (QED) is 0.387. The Balaban J connectivity index is 3.55. The minimum Gasteiger partial charge on any atom is -0.456 e. The fourth-order valence-corrected chi connectivity index (χ4v) is 0.577. The Bertz CT molecular complexity index is 142. The number of rotatable bonds is 4. The van der Waals surface area contributed by atoms with Crippen molar-refractivity contribution in [2.45, 2.75) is 0 Å². The predicted molar refractivity (Wildman–Crippen MR) is 49.6 cm³/mol. The topological polar surface area (TPSA) is 52.6 Å². The van der Waals surface area contributed by atoms with E-state index in [2.05, 4.69) is 34.7 Å². The first-order valence-electron chi connectivity index (χ1n) is 3.28. The van der Waals surface area contributed by atoms with E-state index in [9.17, 15) is 9.59 Å². The van der Waals surface area contributed by atoms with Crippen molar-refractivity contribution in [1.82, 2.24) is 0 Å². The molecule has 0 aromatic carbocycles. The zero-order chi connectivity index (χ0) is 9.40. The summed E-state index contributed by atoms with van der Waals surface area (Å²) in [5.41, 5.74) is 0. The lowest BCUT2D eigenvalue weighted by atomic mass is 10.6. The molecule has 6 heteroatoms. The van der Waals surface area contributed by atoms with Crippen molar-refractivity contribution in [3.05, 3.63) is 0 Å². The third-order valence-electron chi connectivity index (χ3n) is 0.816. The molecule has 0 atom stereocenters. The predicted octanol–water partition coefficient (Wildman–Crippen LogP) is -0.0676. The first kappa shape index (κ1) is 11.6. The van der Waals surface area contributed by atoms with E-state index in [4.69, 9.17) is 0 Å². The fraction of sp³-hybridized carbons (Fsp3) is 0.667. The molecular formula is C6H10O4S2. The van der Waals surface area contributed by atoms with Crippen LogP contribution >= 0.6 is 25.3 Å². The maximum Gasteiger partial charge on any atom is 0.417 e. The van der Waals surface area contributed by atoms with Gasteiger partial charge in [0.05, 0.1) is 0 Å². The summed E-state index contributed by atoms with van der Waals surface area (Å²) in [5, 5.41) is 0. The minimum atomic E-state index is -0.981. The highest BCUT2D eigenvalue weighted by atomic mass is 32.1. The molecule has 0 amide bonds. The molecule has 0 aliphatic rings. The first-order chi connectivity index (χ1) is 5.72. The van der Waals surface area contributed by atoms with Crippen LogP contribution < -0.4 is 0 Å². The van der Waals surface area contributed by atoms with Crippen molar-refractivity contribution in [3.63, 3.8) is 0 Å². The lowest BCUT2D eigenvalue weighted by molar-refractivity contribution is -0.166. The average Bonchev–Trinajstić information content (AvgIpc) is 2.10. The monoisotopic (exact) mass is 210 g/mol. The van der Waals surface area contributed by atoms with E-state index < -0.39 is 11.9 Å². The van der Waals surface area contributed by atoms with Crippen LogP contribution in [0.4, 0.5) is 0 Å². The second-order valence-corrected chi connectivity index (χ2v) is 2.61. The Morgan fingerprint density at radius 3 is 1.50 bits per heavy atom. The van der Waals surface area contributed by atoms with Gasteiger partial charge in [0, 0.05) is 11.5 Å². The maximum atomic E-state index is 10.7. The Labute approximate surface area is 81.4 Å². The summed E-state index contributed by atoms with van der Waals surface area (Å²) in [5.74, 6) is -1.20. The number of carbonyl (C=O) groups excluding carboxylic acids is 2. The number of carbonyl (C=O) groups is 2. The van der Waals surface area contributed by atoms with Gasteiger partial charge in [-0.3, -0.25) is 0 Å². The zero-order valence-corrected chi connectivity index (χ0v) is 8.14. The van der Waals surface area contributed by atoms with Gasteiger partial charge in [-0.2, -0.15) is 25.3 Å². The number of hydrogen-bond donors (Lipinski definition) is 2. The van der Waals surface area contributed by atoms with Crippen LogP contribution in [0.25, 0.3) is 0 Å². The van der Waals surface area contributed by atoms with Gasteiger partial charge in [-0.05, 0) is 0 Å². The van der Waals surface area contributed by atoms with Crippen LogP contribution in [0, 0.1) is 0 Å². The molecule has 0 radical (unpaired) electrons. The van der Waals surface area contributed by atoms with Crippen molar-refractivity contribution in [2.75, 3.05) is 24.7 Å². The number of thiol groups is 2. The van der Waals surface area contributed by atoms with Gasteiger partial charge < -0.3 is 9.47 Å². The van der Waals surface area contributed by atoms with Gasteiger partial charge in [0.1, 0.15) is 13.2 Å². The number of hydrogen-bond acceptors (Lipinski definition) is 6. The highest BCUT2D eigenvalue weighted by Gasteiger charge is 2.15. The van der Waals surface area contributed by atoms with E-state index in [0.717, 1.165) is 0 Å². The summed E-state index contributed by atoms with van der Waals surface area (Å²) in [6.07, 6.45) is 0. The number of esters is 2. The Morgan fingerprint density at radius 2 is 1.25 bits per heavy atom. The van der Waals surface area contributed by atoms with Crippen molar-refractivity contribution >= 4 is 37.2 Å². The minimum absolute atomic E-state index is 0.109. The summed E-state index contributed by atoms with van der Waals surface area (Å²) in [6.45, 7) is 0.218. The third-order valence-corrected chi connectivity index (χ3v) is 1.18. The van der Waals surface area contributed by atoms with Crippen LogP contribution in [-0.2, 0) is 19.1 Å². The first-order valence-corrected chi connectivity index (χ1v) is 4.54. The van der Waals surface area contributed by atoms with Gasteiger partial charge in [0.25, 0.3) is 0 Å². The van der Waals surface area contributed by atoms with Crippen LogP contribution in [0.3, 0.4) is 0 Å². The highest BCUT2D eigenvalue weighted by molar-refractivity contribution is 7.80. The van der Waals surface area contributed by atoms with Crippen molar-refractivity contribution in [2.24, 2.45) is 0 Å². The second-order valence-electron chi connectivity index (χ2n) is 1.72. The van der Waals surface area contributed by atoms with Crippen molar-refractivity contribution in [1.29, 1.82) is 0 Å². The summed E-state index contributed by atoms with van der Waals surface area (Å²) in [7, 11) is 0. The van der Waals surface area contributed by atoms with Crippen LogP contribution in [-0.4, -0.2) is 36.7 Å². The second kappa shape index (κ2) is 7.30. The summed E-state index contributed by atoms with van der Waals surface area (Å²) >= 11 is 7.59. The van der Waals surface area contributed by atoms with Crippen molar-refractivity contribution < 1.29 is 19.1 Å². The van der Waals surface area contributed by atoms with Gasteiger partial charge >= 0.3 is 11.9 Å². The Hall–Kier alpha value is -0.360. The molecular weight excluding hydrogens is 200 g/mol. The SMILES string of the molecule is O=C(OCCS)C(=O)OCCS.